The quantitative estimate of drug-likeness (QED) is 0.741. The van der Waals surface area contributed by atoms with Crippen LogP contribution in [0.15, 0.2) is 47.3 Å². The highest BCUT2D eigenvalue weighted by atomic mass is 16.3. The minimum atomic E-state index is -0.780. The van der Waals surface area contributed by atoms with E-state index in [0.717, 1.165) is 17.7 Å². The fraction of sp³-hybridized carbons (Fsp3) is 0.480. The number of aliphatic hydroxyl groups is 1. The Bertz CT molecular complexity index is 1140. The van der Waals surface area contributed by atoms with Crippen LogP contribution in [-0.2, 0) is 24.3 Å². The summed E-state index contributed by atoms with van der Waals surface area (Å²) in [6.45, 7) is 4.99. The molecule has 4 atom stereocenters. The highest BCUT2D eigenvalue weighted by molar-refractivity contribution is 5.89. The van der Waals surface area contributed by atoms with E-state index in [1.54, 1.807) is 15.5 Å². The van der Waals surface area contributed by atoms with Gasteiger partial charge in [0.25, 0.3) is 5.56 Å². The van der Waals surface area contributed by atoms with Gasteiger partial charge < -0.3 is 24.8 Å². The third kappa shape index (κ3) is 3.53. The summed E-state index contributed by atoms with van der Waals surface area (Å²) in [5.41, 5.74) is 2.96. The summed E-state index contributed by atoms with van der Waals surface area (Å²) in [7, 11) is 0. The molecule has 1 aromatic carbocycles. The van der Waals surface area contributed by atoms with Crippen LogP contribution in [0.2, 0.25) is 0 Å². The maximum Gasteiger partial charge on any atom is 0.318 e. The number of aromatic nitrogens is 1. The number of carbonyl (C=O) groups excluding carboxylic acids is 2. The van der Waals surface area contributed by atoms with Crippen LogP contribution in [0.5, 0.6) is 0 Å². The van der Waals surface area contributed by atoms with Gasteiger partial charge in [0.1, 0.15) is 6.04 Å². The van der Waals surface area contributed by atoms with Crippen molar-refractivity contribution >= 4 is 11.9 Å². The normalized spacial score (nSPS) is 25.6. The molecule has 0 aliphatic carbocycles. The molecule has 8 heteroatoms. The van der Waals surface area contributed by atoms with E-state index < -0.39 is 18.0 Å². The zero-order chi connectivity index (χ0) is 23.3. The van der Waals surface area contributed by atoms with Gasteiger partial charge in [0, 0.05) is 55.9 Å². The van der Waals surface area contributed by atoms with E-state index in [2.05, 4.69) is 11.4 Å². The fourth-order valence-electron chi connectivity index (χ4n) is 5.83. The summed E-state index contributed by atoms with van der Waals surface area (Å²) in [4.78, 5) is 43.2. The van der Waals surface area contributed by atoms with Crippen LogP contribution in [0, 0.1) is 11.8 Å². The number of pyridine rings is 1. The third-order valence-electron chi connectivity index (χ3n) is 7.29. The number of nitrogens with zero attached hydrogens (tertiary/aromatic N) is 3. The lowest BCUT2D eigenvalue weighted by Crippen LogP contribution is -2.55. The van der Waals surface area contributed by atoms with Crippen LogP contribution in [0.25, 0.3) is 0 Å². The maximum atomic E-state index is 13.9. The minimum Gasteiger partial charge on any atom is -0.396 e. The predicted octanol–water partition coefficient (Wildman–Crippen LogP) is 1.51. The highest BCUT2D eigenvalue weighted by Crippen LogP contribution is 2.49. The number of likely N-dealkylation sites (tertiary alicyclic amines) is 1. The Morgan fingerprint density at radius 2 is 1.88 bits per heavy atom. The lowest BCUT2D eigenvalue weighted by Gasteiger charge is -2.37. The Kier molecular flexibility index (Phi) is 5.48. The third-order valence-corrected chi connectivity index (χ3v) is 7.29. The van der Waals surface area contributed by atoms with E-state index in [1.165, 1.54) is 11.6 Å². The van der Waals surface area contributed by atoms with Crippen LogP contribution in [0.1, 0.15) is 36.7 Å². The van der Waals surface area contributed by atoms with Gasteiger partial charge in [-0.2, -0.15) is 0 Å². The summed E-state index contributed by atoms with van der Waals surface area (Å²) in [5.74, 6) is -0.785. The number of hydrogen-bond acceptors (Lipinski definition) is 4. The van der Waals surface area contributed by atoms with Gasteiger partial charge in [-0.15, -0.1) is 0 Å². The SMILES string of the molecule is CC(C)NC(=O)N1[C@@H]2c3cccc(=O)n3C[C@@H]2[C@@H](CO)[C@@H]1C(=O)N1CCc2ccccc2C1. The van der Waals surface area contributed by atoms with Crippen molar-refractivity contribution in [1.82, 2.24) is 19.7 Å². The van der Waals surface area contributed by atoms with Crippen molar-refractivity contribution in [3.8, 4) is 0 Å². The van der Waals surface area contributed by atoms with Crippen molar-refractivity contribution in [3.05, 3.63) is 69.6 Å². The van der Waals surface area contributed by atoms with Crippen LogP contribution in [-0.4, -0.2) is 56.6 Å². The molecule has 1 saturated heterocycles. The Morgan fingerprint density at radius 3 is 2.61 bits per heavy atom. The van der Waals surface area contributed by atoms with Crippen molar-refractivity contribution in [1.29, 1.82) is 0 Å². The number of benzene rings is 1. The van der Waals surface area contributed by atoms with Gasteiger partial charge >= 0.3 is 6.03 Å². The molecule has 33 heavy (non-hydrogen) atoms. The van der Waals surface area contributed by atoms with Gasteiger partial charge in [0.2, 0.25) is 5.91 Å². The molecule has 0 unspecified atom stereocenters. The van der Waals surface area contributed by atoms with E-state index in [9.17, 15) is 19.5 Å². The molecule has 8 nitrogen and oxygen atoms in total. The average molecular weight is 451 g/mol. The number of fused-ring (bicyclic) bond motifs is 4. The lowest BCUT2D eigenvalue weighted by molar-refractivity contribution is -0.138. The first kappa shape index (κ1) is 21.7. The molecule has 2 N–H and O–H groups in total. The molecule has 4 heterocycles. The number of rotatable bonds is 3. The summed E-state index contributed by atoms with van der Waals surface area (Å²) >= 11 is 0. The largest absolute Gasteiger partial charge is 0.396 e. The second-order valence-corrected chi connectivity index (χ2v) is 9.59. The first-order chi connectivity index (χ1) is 15.9. The number of aliphatic hydroxyl groups excluding tert-OH is 1. The number of amides is 3. The van der Waals surface area contributed by atoms with Crippen molar-refractivity contribution in [2.75, 3.05) is 13.2 Å². The minimum absolute atomic E-state index is 0.110. The summed E-state index contributed by atoms with van der Waals surface area (Å²) in [6, 6.07) is 11.5. The van der Waals surface area contributed by atoms with E-state index in [-0.39, 0.29) is 36.1 Å². The van der Waals surface area contributed by atoms with E-state index in [4.69, 9.17) is 0 Å². The summed E-state index contributed by atoms with van der Waals surface area (Å²) in [6.07, 6.45) is 0.766. The van der Waals surface area contributed by atoms with Crippen LogP contribution in [0.4, 0.5) is 4.79 Å². The molecular weight excluding hydrogens is 420 g/mol. The van der Waals surface area contributed by atoms with Crippen LogP contribution in [0.3, 0.4) is 0 Å². The molecule has 3 amide bonds. The molecule has 1 fully saturated rings. The molecule has 174 valence electrons. The van der Waals surface area contributed by atoms with Gasteiger partial charge in [-0.3, -0.25) is 9.59 Å². The molecule has 0 bridgehead atoms. The van der Waals surface area contributed by atoms with Crippen molar-refractivity contribution in [2.24, 2.45) is 11.8 Å². The van der Waals surface area contributed by atoms with Gasteiger partial charge in [-0.1, -0.05) is 30.3 Å². The zero-order valence-electron chi connectivity index (χ0n) is 19.0. The van der Waals surface area contributed by atoms with E-state index >= 15 is 0 Å². The first-order valence-electron chi connectivity index (χ1n) is 11.7. The van der Waals surface area contributed by atoms with Gasteiger partial charge in [-0.25, -0.2) is 4.79 Å². The Labute approximate surface area is 192 Å². The summed E-state index contributed by atoms with van der Waals surface area (Å²) < 4.78 is 1.67. The second kappa shape index (κ2) is 8.33. The van der Waals surface area contributed by atoms with Crippen LogP contribution < -0.4 is 10.9 Å². The average Bonchev–Trinajstić information content (AvgIpc) is 3.33. The van der Waals surface area contributed by atoms with Gasteiger partial charge in [-0.05, 0) is 37.5 Å². The molecule has 0 radical (unpaired) electrons. The molecule has 2 aromatic rings. The number of nitrogens with one attached hydrogen (secondary N) is 1. The van der Waals surface area contributed by atoms with Crippen molar-refractivity contribution < 1.29 is 14.7 Å². The number of urea groups is 1. The molecule has 5 rings (SSSR count). The molecule has 3 aliphatic heterocycles. The lowest BCUT2D eigenvalue weighted by atomic mass is 9.87. The molecule has 0 saturated carbocycles. The smallest absolute Gasteiger partial charge is 0.318 e. The molecule has 1 aromatic heterocycles. The molecule has 0 spiro atoms. The highest BCUT2D eigenvalue weighted by Gasteiger charge is 2.58. The number of hydrogen-bond donors (Lipinski definition) is 2. The first-order valence-corrected chi connectivity index (χ1v) is 11.7. The van der Waals surface area contributed by atoms with E-state index in [1.807, 2.05) is 43.0 Å². The van der Waals surface area contributed by atoms with E-state index in [0.29, 0.717) is 19.6 Å². The van der Waals surface area contributed by atoms with Crippen molar-refractivity contribution in [3.63, 3.8) is 0 Å². The Morgan fingerprint density at radius 1 is 1.12 bits per heavy atom. The van der Waals surface area contributed by atoms with Gasteiger partial charge in [0.05, 0.1) is 6.04 Å². The fourth-order valence-corrected chi connectivity index (χ4v) is 5.83. The second-order valence-electron chi connectivity index (χ2n) is 9.59. The molecular formula is C25H30N4O4. The Balaban J connectivity index is 1.53. The standard InChI is InChI=1S/C25H30N4O4/c1-15(2)26-25(33)29-22-18(13-28-20(22)8-5-9-21(28)31)19(14-30)23(29)24(32)27-11-10-16-6-3-4-7-17(16)12-27/h3-9,15,18-19,22-23,30H,10-14H2,1-2H3,(H,26,33)/t18-,19-,22+,23-/m1/s1. The maximum absolute atomic E-state index is 13.9. The number of carbonyl (C=O) groups is 2. The topological polar surface area (TPSA) is 94.9 Å². The van der Waals surface area contributed by atoms with Crippen molar-refractivity contribution in [2.45, 2.75) is 51.5 Å². The molecule has 3 aliphatic rings. The zero-order valence-corrected chi connectivity index (χ0v) is 19.0. The van der Waals surface area contributed by atoms with Gasteiger partial charge in [0.15, 0.2) is 0 Å². The monoisotopic (exact) mass is 450 g/mol. The summed E-state index contributed by atoms with van der Waals surface area (Å²) in [5, 5.41) is 13.3. The predicted molar refractivity (Wildman–Crippen MR) is 122 cm³/mol. The Hall–Kier alpha value is -3.13. The van der Waals surface area contributed by atoms with Crippen LogP contribution >= 0.6 is 0 Å².